The van der Waals surface area contributed by atoms with Gasteiger partial charge in [0.15, 0.2) is 0 Å². The summed E-state index contributed by atoms with van der Waals surface area (Å²) < 4.78 is 10.7. The van der Waals surface area contributed by atoms with Crippen LogP contribution in [0.1, 0.15) is 0 Å². The Balaban J connectivity index is 0.000000113. The maximum atomic E-state index is 6.13. The van der Waals surface area contributed by atoms with Gasteiger partial charge in [-0.2, -0.15) is 0 Å². The third-order valence-corrected chi connectivity index (χ3v) is 14.1. The van der Waals surface area contributed by atoms with Crippen LogP contribution in [-0.2, 0) is 20.1 Å². The van der Waals surface area contributed by atoms with Gasteiger partial charge in [-0.3, -0.25) is 0 Å². The number of fused-ring (bicyclic) bond motifs is 10. The van der Waals surface area contributed by atoms with Crippen LogP contribution in [0.4, 0.5) is 0 Å². The van der Waals surface area contributed by atoms with Gasteiger partial charge in [-0.05, 0) is 106 Å². The fraction of sp³-hybridized carbons (Fsp3) is 0. The molecule has 0 aliphatic carbocycles. The van der Waals surface area contributed by atoms with E-state index in [1.807, 2.05) is 73.2 Å². The van der Waals surface area contributed by atoms with Crippen molar-refractivity contribution in [3.63, 3.8) is 0 Å². The largest absolute Gasteiger partial charge is 3.00 e. The maximum Gasteiger partial charge on any atom is 3.00 e. The Labute approximate surface area is 472 Å². The van der Waals surface area contributed by atoms with Gasteiger partial charge < -0.3 is 48.4 Å². The number of benzene rings is 7. The van der Waals surface area contributed by atoms with Crippen molar-refractivity contribution in [1.82, 2.24) is 49.0 Å². The minimum atomic E-state index is 0. The molecule has 0 N–H and O–H groups in total. The molecule has 9 heterocycles. The molecule has 0 unspecified atom stereocenters. The van der Waals surface area contributed by atoms with Crippen molar-refractivity contribution in [3.8, 4) is 56.3 Å². The number of hydrogen-bond donors (Lipinski definition) is 0. The SMILES string of the molecule is [Ir+3].[c-]1ccc2c(oc3ncccc32)c1-c1ncccc1-c1cccc2ccccc12.[c-]1ncncc1-c1cc(-n2c3ccccc3c3ccccc32)ccn1.[c-]1ncncc1-c1cc(-n2c3ccccc3c3ccccc32)ccn1. The number of aromatic nitrogens is 10. The third-order valence-electron chi connectivity index (χ3n) is 14.1. The molecule has 0 bridgehead atoms. The molecule has 0 aliphatic rings. The molecule has 0 atom stereocenters. The maximum absolute atomic E-state index is 6.13. The predicted molar refractivity (Wildman–Crippen MR) is 313 cm³/mol. The minimum Gasteiger partial charge on any atom is -0.486 e. The molecule has 378 valence electrons. The molecule has 11 nitrogen and oxygen atoms in total. The van der Waals surface area contributed by atoms with Gasteiger partial charge in [-0.1, -0.05) is 168 Å². The van der Waals surface area contributed by atoms with Crippen molar-refractivity contribution in [2.75, 3.05) is 0 Å². The van der Waals surface area contributed by atoms with Gasteiger partial charge >= 0.3 is 20.1 Å². The van der Waals surface area contributed by atoms with Crippen LogP contribution in [0.15, 0.2) is 254 Å². The van der Waals surface area contributed by atoms with Crippen LogP contribution in [0.3, 0.4) is 0 Å². The molecule has 16 aromatic rings. The zero-order chi connectivity index (χ0) is 52.5. The van der Waals surface area contributed by atoms with Gasteiger partial charge in [-0.15, -0.1) is 18.2 Å². The molecule has 9 aromatic heterocycles. The summed E-state index contributed by atoms with van der Waals surface area (Å²) >= 11 is 0. The molecule has 0 spiro atoms. The van der Waals surface area contributed by atoms with E-state index >= 15 is 0 Å². The summed E-state index contributed by atoms with van der Waals surface area (Å²) in [7, 11) is 0. The zero-order valence-electron chi connectivity index (χ0n) is 42.4. The van der Waals surface area contributed by atoms with Crippen molar-refractivity contribution in [3.05, 3.63) is 268 Å². The molecule has 7 aromatic carbocycles. The van der Waals surface area contributed by atoms with Crippen molar-refractivity contribution in [2.24, 2.45) is 0 Å². The van der Waals surface area contributed by atoms with Crippen LogP contribution >= 0.6 is 0 Å². The number of para-hydroxylation sites is 4. The minimum absolute atomic E-state index is 0. The van der Waals surface area contributed by atoms with E-state index in [-0.39, 0.29) is 20.1 Å². The van der Waals surface area contributed by atoms with E-state index in [2.05, 4.69) is 208 Å². The van der Waals surface area contributed by atoms with Crippen molar-refractivity contribution in [1.29, 1.82) is 0 Å². The van der Waals surface area contributed by atoms with Crippen LogP contribution in [0.5, 0.6) is 0 Å². The van der Waals surface area contributed by atoms with Gasteiger partial charge in [0.1, 0.15) is 0 Å². The van der Waals surface area contributed by atoms with Gasteiger partial charge in [-0.25, -0.2) is 4.98 Å². The van der Waals surface area contributed by atoms with E-state index in [0.29, 0.717) is 5.71 Å². The summed E-state index contributed by atoms with van der Waals surface area (Å²) in [4.78, 5) is 34.1. The summed E-state index contributed by atoms with van der Waals surface area (Å²) in [5, 5.41) is 9.39. The third kappa shape index (κ3) is 9.00. The van der Waals surface area contributed by atoms with E-state index in [1.54, 1.807) is 18.6 Å². The van der Waals surface area contributed by atoms with E-state index in [9.17, 15) is 0 Å². The molecular formula is C68H41IrN10O. The summed E-state index contributed by atoms with van der Waals surface area (Å²) in [6.45, 7) is 0. The van der Waals surface area contributed by atoms with Crippen LogP contribution in [0, 0.1) is 18.5 Å². The topological polar surface area (TPSA) is 126 Å². The molecule has 80 heavy (non-hydrogen) atoms. The quantitative estimate of drug-likeness (QED) is 0.150. The first-order valence-corrected chi connectivity index (χ1v) is 25.6. The van der Waals surface area contributed by atoms with Crippen LogP contribution in [-0.4, -0.2) is 49.0 Å². The van der Waals surface area contributed by atoms with E-state index in [1.165, 1.54) is 67.0 Å². The first-order chi connectivity index (χ1) is 39.2. The second-order valence-corrected chi connectivity index (χ2v) is 18.6. The Morgan fingerprint density at radius 3 is 1.45 bits per heavy atom. The second kappa shape index (κ2) is 21.6. The fourth-order valence-electron chi connectivity index (χ4n) is 10.6. The molecule has 0 fully saturated rings. The van der Waals surface area contributed by atoms with Crippen LogP contribution in [0.2, 0.25) is 0 Å². The van der Waals surface area contributed by atoms with Gasteiger partial charge in [0.2, 0.25) is 5.71 Å². The molecule has 0 radical (unpaired) electrons. The van der Waals surface area contributed by atoms with E-state index in [4.69, 9.17) is 9.40 Å². The summed E-state index contributed by atoms with van der Waals surface area (Å²) in [6.07, 6.45) is 19.5. The average Bonchev–Trinajstić information content (AvgIpc) is 4.25. The van der Waals surface area contributed by atoms with E-state index in [0.717, 1.165) is 72.6 Å². The standard InChI is InChI=1S/C26H15N2O.2C21H13N4.Ir/c1-2-9-18-17(7-1)8-3-10-19(18)20-13-5-15-27-24(20)23-12-4-11-21-22-14-6-16-28-26(22)29-25(21)23;2*1-3-7-20-17(5-1)18-6-2-4-8-21(18)25(20)16-9-10-24-19(11-16)15-12-22-14-23-13-15;/h1-11,13-16H;2*1-12,14H;/q3*-1;+3. The predicted octanol–water partition coefficient (Wildman–Crippen LogP) is 15.5. The molecular weight excluding hydrogens is 1170 g/mol. The van der Waals surface area contributed by atoms with Gasteiger partial charge in [0, 0.05) is 75.7 Å². The first-order valence-electron chi connectivity index (χ1n) is 25.6. The Kier molecular flexibility index (Phi) is 13.3. The molecule has 0 saturated carbocycles. The molecule has 16 rings (SSSR count). The van der Waals surface area contributed by atoms with Crippen molar-refractivity contribution in [2.45, 2.75) is 0 Å². The van der Waals surface area contributed by atoms with Crippen LogP contribution in [0.25, 0.3) is 133 Å². The van der Waals surface area contributed by atoms with E-state index < -0.39 is 0 Å². The number of nitrogens with zero attached hydrogens (tertiary/aromatic N) is 10. The molecule has 12 heteroatoms. The Hall–Kier alpha value is -10.4. The number of pyridine rings is 4. The Bertz CT molecular complexity index is 4580. The molecule has 0 saturated heterocycles. The van der Waals surface area contributed by atoms with Crippen molar-refractivity contribution < 1.29 is 24.5 Å². The molecule has 0 aliphatic heterocycles. The first kappa shape index (κ1) is 49.2. The van der Waals surface area contributed by atoms with Crippen molar-refractivity contribution >= 4 is 76.5 Å². The van der Waals surface area contributed by atoms with Crippen LogP contribution < -0.4 is 0 Å². The van der Waals surface area contributed by atoms with Gasteiger partial charge in [0.05, 0.1) is 27.6 Å². The zero-order valence-corrected chi connectivity index (χ0v) is 44.8. The summed E-state index contributed by atoms with van der Waals surface area (Å²) in [5.74, 6) is 0. The summed E-state index contributed by atoms with van der Waals surface area (Å²) in [6, 6.07) is 72.1. The number of furan rings is 1. The average molecular weight is 1210 g/mol. The Morgan fingerprint density at radius 1 is 0.400 bits per heavy atom. The number of rotatable bonds is 6. The second-order valence-electron chi connectivity index (χ2n) is 18.6. The monoisotopic (exact) mass is 1210 g/mol. The summed E-state index contributed by atoms with van der Waals surface area (Å²) in [5.41, 5.74) is 15.3. The number of hydrogen-bond acceptors (Lipinski definition) is 9. The Morgan fingerprint density at radius 2 is 0.887 bits per heavy atom. The van der Waals surface area contributed by atoms with Gasteiger partial charge in [0.25, 0.3) is 0 Å². The fourth-order valence-corrected chi connectivity index (χ4v) is 10.6. The normalized spacial score (nSPS) is 11.2. The molecule has 0 amide bonds. The smallest absolute Gasteiger partial charge is 0.486 e.